The molecule has 1 aromatic carbocycles. The Kier molecular flexibility index (Phi) is 4.00. The topological polar surface area (TPSA) is 20.2 Å². The van der Waals surface area contributed by atoms with Gasteiger partial charge in [-0.2, -0.15) is 0 Å². The molecule has 0 saturated carbocycles. The van der Waals surface area contributed by atoms with Gasteiger partial charge >= 0.3 is 0 Å². The number of rotatable bonds is 4. The standard InChI is InChI=1S/C12H13ClO/c1-2-8-12(14,9-10-13)11-6-4-3-5-7-11/h1,3-7,14H,8-10H2/t12-/m1/s1. The molecule has 1 rings (SSSR count). The van der Waals surface area contributed by atoms with E-state index in [1.54, 1.807) is 0 Å². The van der Waals surface area contributed by atoms with Gasteiger partial charge in [0.2, 0.25) is 0 Å². The van der Waals surface area contributed by atoms with Crippen LogP contribution in [0.2, 0.25) is 0 Å². The predicted octanol–water partition coefficient (Wildman–Crippen LogP) is 2.53. The zero-order chi connectivity index (χ0) is 10.4. The third-order valence-electron chi connectivity index (χ3n) is 2.21. The molecule has 0 heterocycles. The lowest BCUT2D eigenvalue weighted by molar-refractivity contribution is 0.0388. The third kappa shape index (κ3) is 2.51. The number of alkyl halides is 1. The molecular formula is C12H13ClO. The van der Waals surface area contributed by atoms with Gasteiger partial charge in [-0.3, -0.25) is 0 Å². The van der Waals surface area contributed by atoms with Gasteiger partial charge in [-0.15, -0.1) is 23.9 Å². The van der Waals surface area contributed by atoms with Gasteiger partial charge in [0.25, 0.3) is 0 Å². The zero-order valence-corrected chi connectivity index (χ0v) is 8.67. The summed E-state index contributed by atoms with van der Waals surface area (Å²) in [5, 5.41) is 10.3. The Hall–Kier alpha value is -0.970. The first-order valence-electron chi connectivity index (χ1n) is 4.50. The van der Waals surface area contributed by atoms with Gasteiger partial charge in [-0.25, -0.2) is 0 Å². The van der Waals surface area contributed by atoms with E-state index in [2.05, 4.69) is 5.92 Å². The molecule has 0 saturated heterocycles. The average molecular weight is 209 g/mol. The van der Waals surface area contributed by atoms with E-state index in [4.69, 9.17) is 18.0 Å². The van der Waals surface area contributed by atoms with Crippen molar-refractivity contribution in [3.63, 3.8) is 0 Å². The minimum absolute atomic E-state index is 0.295. The van der Waals surface area contributed by atoms with Gasteiger partial charge in [-0.05, 0) is 12.0 Å². The predicted molar refractivity (Wildman–Crippen MR) is 59.1 cm³/mol. The van der Waals surface area contributed by atoms with Gasteiger partial charge < -0.3 is 5.11 Å². The van der Waals surface area contributed by atoms with Crippen molar-refractivity contribution in [1.29, 1.82) is 0 Å². The first-order chi connectivity index (χ1) is 6.73. The summed E-state index contributed by atoms with van der Waals surface area (Å²) in [6.07, 6.45) is 6.00. The molecule has 0 amide bonds. The van der Waals surface area contributed by atoms with Crippen LogP contribution in [0.3, 0.4) is 0 Å². The van der Waals surface area contributed by atoms with Crippen molar-refractivity contribution in [1.82, 2.24) is 0 Å². The Labute approximate surface area is 89.7 Å². The second kappa shape index (κ2) is 5.05. The Bertz CT molecular complexity index is 315. The molecule has 74 valence electrons. The highest BCUT2D eigenvalue weighted by molar-refractivity contribution is 6.17. The molecule has 2 heteroatoms. The van der Waals surface area contributed by atoms with Gasteiger partial charge in [0.1, 0.15) is 5.60 Å². The Morgan fingerprint density at radius 1 is 1.36 bits per heavy atom. The molecule has 0 bridgehead atoms. The number of aliphatic hydroxyl groups is 1. The minimum atomic E-state index is -0.974. The largest absolute Gasteiger partial charge is 0.384 e. The molecule has 0 fully saturated rings. The second-order valence-electron chi connectivity index (χ2n) is 3.22. The van der Waals surface area contributed by atoms with E-state index >= 15 is 0 Å². The number of benzene rings is 1. The van der Waals surface area contributed by atoms with Crippen molar-refractivity contribution in [2.45, 2.75) is 18.4 Å². The van der Waals surface area contributed by atoms with Crippen LogP contribution in [-0.4, -0.2) is 11.0 Å². The summed E-state index contributed by atoms with van der Waals surface area (Å²) in [5.41, 5.74) is -0.142. The first-order valence-corrected chi connectivity index (χ1v) is 5.04. The lowest BCUT2D eigenvalue weighted by Gasteiger charge is -2.25. The fourth-order valence-corrected chi connectivity index (χ4v) is 1.72. The molecule has 1 nitrogen and oxygen atoms in total. The molecule has 0 aromatic heterocycles. The number of halogens is 1. The van der Waals surface area contributed by atoms with Crippen molar-refractivity contribution in [2.75, 3.05) is 5.88 Å². The molecule has 0 unspecified atom stereocenters. The van der Waals surface area contributed by atoms with E-state index in [1.807, 2.05) is 30.3 Å². The summed E-state index contributed by atoms with van der Waals surface area (Å²) in [6, 6.07) is 9.39. The highest BCUT2D eigenvalue weighted by Crippen LogP contribution is 2.28. The highest BCUT2D eigenvalue weighted by atomic mass is 35.5. The molecule has 1 N–H and O–H groups in total. The fourth-order valence-electron chi connectivity index (χ4n) is 1.41. The van der Waals surface area contributed by atoms with E-state index in [0.717, 1.165) is 5.56 Å². The van der Waals surface area contributed by atoms with Gasteiger partial charge in [0, 0.05) is 12.3 Å². The second-order valence-corrected chi connectivity index (χ2v) is 3.60. The van der Waals surface area contributed by atoms with Crippen LogP contribution in [0.25, 0.3) is 0 Å². The van der Waals surface area contributed by atoms with Crippen molar-refractivity contribution < 1.29 is 5.11 Å². The smallest absolute Gasteiger partial charge is 0.102 e. The van der Waals surface area contributed by atoms with E-state index in [0.29, 0.717) is 18.7 Å². The van der Waals surface area contributed by atoms with Crippen molar-refractivity contribution in [2.24, 2.45) is 0 Å². The van der Waals surface area contributed by atoms with Crippen molar-refractivity contribution >= 4 is 11.6 Å². The lowest BCUT2D eigenvalue weighted by Crippen LogP contribution is -2.25. The summed E-state index contributed by atoms with van der Waals surface area (Å²) in [5.74, 6) is 2.88. The lowest BCUT2D eigenvalue weighted by atomic mass is 9.88. The van der Waals surface area contributed by atoms with Crippen LogP contribution in [-0.2, 0) is 5.60 Å². The maximum Gasteiger partial charge on any atom is 0.102 e. The van der Waals surface area contributed by atoms with Crippen LogP contribution in [0.4, 0.5) is 0 Å². The highest BCUT2D eigenvalue weighted by Gasteiger charge is 2.27. The van der Waals surface area contributed by atoms with Gasteiger partial charge in [-0.1, -0.05) is 30.3 Å². The van der Waals surface area contributed by atoms with E-state index in [9.17, 15) is 5.11 Å². The summed E-state index contributed by atoms with van der Waals surface area (Å²) < 4.78 is 0. The van der Waals surface area contributed by atoms with E-state index < -0.39 is 5.60 Å². The normalized spacial score (nSPS) is 14.4. The molecule has 1 atom stereocenters. The monoisotopic (exact) mass is 208 g/mol. The average Bonchev–Trinajstić information content (AvgIpc) is 2.20. The first kappa shape index (κ1) is 11.1. The number of terminal acetylenes is 1. The maximum absolute atomic E-state index is 10.3. The van der Waals surface area contributed by atoms with Gasteiger partial charge in [0.05, 0.1) is 0 Å². The van der Waals surface area contributed by atoms with Crippen LogP contribution < -0.4 is 0 Å². The van der Waals surface area contributed by atoms with E-state index in [-0.39, 0.29) is 0 Å². The Morgan fingerprint density at radius 2 is 2.00 bits per heavy atom. The van der Waals surface area contributed by atoms with Crippen LogP contribution in [0.1, 0.15) is 18.4 Å². The maximum atomic E-state index is 10.3. The minimum Gasteiger partial charge on any atom is -0.384 e. The van der Waals surface area contributed by atoms with Crippen molar-refractivity contribution in [3.8, 4) is 12.3 Å². The Balaban J connectivity index is 2.94. The molecule has 0 aliphatic heterocycles. The quantitative estimate of drug-likeness (QED) is 0.596. The van der Waals surface area contributed by atoms with Crippen LogP contribution in [0.5, 0.6) is 0 Å². The zero-order valence-electron chi connectivity index (χ0n) is 7.91. The Morgan fingerprint density at radius 3 is 2.50 bits per heavy atom. The van der Waals surface area contributed by atoms with Gasteiger partial charge in [0.15, 0.2) is 0 Å². The van der Waals surface area contributed by atoms with Crippen LogP contribution >= 0.6 is 11.6 Å². The fraction of sp³-hybridized carbons (Fsp3) is 0.333. The molecule has 1 aromatic rings. The number of hydrogen-bond acceptors (Lipinski definition) is 1. The summed E-state index contributed by atoms with van der Waals surface area (Å²) in [4.78, 5) is 0. The van der Waals surface area contributed by atoms with Crippen molar-refractivity contribution in [3.05, 3.63) is 35.9 Å². The molecular weight excluding hydrogens is 196 g/mol. The molecule has 0 aliphatic carbocycles. The van der Waals surface area contributed by atoms with Crippen LogP contribution in [0.15, 0.2) is 30.3 Å². The molecule has 14 heavy (non-hydrogen) atoms. The third-order valence-corrected chi connectivity index (χ3v) is 2.40. The SMILES string of the molecule is C#CC[C@@](O)(CCCl)c1ccccc1. The summed E-state index contributed by atoms with van der Waals surface area (Å²) >= 11 is 5.64. The molecule has 0 radical (unpaired) electrons. The molecule has 0 aliphatic rings. The summed E-state index contributed by atoms with van der Waals surface area (Å²) in [7, 11) is 0. The van der Waals surface area contributed by atoms with Crippen LogP contribution in [0, 0.1) is 12.3 Å². The van der Waals surface area contributed by atoms with E-state index in [1.165, 1.54) is 0 Å². The molecule has 0 spiro atoms. The summed E-state index contributed by atoms with van der Waals surface area (Å²) in [6.45, 7) is 0. The number of hydrogen-bond donors (Lipinski definition) is 1.